The number of hydrogen-bond acceptors (Lipinski definition) is 4. The summed E-state index contributed by atoms with van der Waals surface area (Å²) >= 11 is 0. The van der Waals surface area contributed by atoms with Crippen molar-refractivity contribution in [3.05, 3.63) is 65.2 Å². The lowest BCUT2D eigenvalue weighted by molar-refractivity contribution is 0.0463. The second kappa shape index (κ2) is 6.84. The molecule has 0 spiro atoms. The second-order valence-electron chi connectivity index (χ2n) is 4.52. The van der Waals surface area contributed by atoms with Crippen molar-refractivity contribution in [1.82, 2.24) is 4.72 Å². The van der Waals surface area contributed by atoms with Crippen LogP contribution in [0.15, 0.2) is 47.4 Å². The number of rotatable bonds is 5. The minimum absolute atomic E-state index is 0.125. The topological polar surface area (TPSA) is 72.5 Å². The van der Waals surface area contributed by atoms with E-state index in [0.717, 1.165) is 18.2 Å². The Balaban J connectivity index is 2.22. The Morgan fingerprint density at radius 2 is 1.83 bits per heavy atom. The Bertz CT molecular complexity index is 837. The average Bonchev–Trinajstić information content (AvgIpc) is 2.54. The van der Waals surface area contributed by atoms with Crippen molar-refractivity contribution in [3.63, 3.8) is 0 Å². The molecule has 2 rings (SSSR count). The number of sulfonamides is 1. The number of benzene rings is 2. The van der Waals surface area contributed by atoms with Crippen LogP contribution in [0.3, 0.4) is 0 Å². The van der Waals surface area contributed by atoms with Gasteiger partial charge in [-0.3, -0.25) is 0 Å². The molecule has 0 aliphatic rings. The van der Waals surface area contributed by atoms with Gasteiger partial charge in [0, 0.05) is 5.56 Å². The van der Waals surface area contributed by atoms with Gasteiger partial charge in [0.25, 0.3) is 0 Å². The molecule has 2 aromatic carbocycles. The van der Waals surface area contributed by atoms with Crippen LogP contribution in [0, 0.1) is 11.6 Å². The number of halogens is 2. The van der Waals surface area contributed by atoms with Crippen molar-refractivity contribution in [2.45, 2.75) is 11.5 Å². The van der Waals surface area contributed by atoms with Gasteiger partial charge in [0.2, 0.25) is 10.0 Å². The monoisotopic (exact) mass is 341 g/mol. The quantitative estimate of drug-likeness (QED) is 0.847. The molecule has 1 N–H and O–H groups in total. The van der Waals surface area contributed by atoms with E-state index in [1.54, 1.807) is 6.07 Å². The van der Waals surface area contributed by atoms with Gasteiger partial charge in [-0.25, -0.2) is 26.7 Å². The lowest BCUT2D eigenvalue weighted by atomic mass is 10.2. The highest BCUT2D eigenvalue weighted by molar-refractivity contribution is 7.89. The molecule has 0 aromatic heterocycles. The first-order chi connectivity index (χ1) is 10.8. The number of nitrogens with one attached hydrogen (secondary N) is 1. The molecule has 0 aliphatic heterocycles. The Morgan fingerprint density at radius 3 is 2.48 bits per heavy atom. The van der Waals surface area contributed by atoms with E-state index < -0.39 is 39.8 Å². The van der Waals surface area contributed by atoms with Gasteiger partial charge < -0.3 is 4.74 Å². The zero-order chi connectivity index (χ0) is 17.0. The zero-order valence-corrected chi connectivity index (χ0v) is 12.9. The van der Waals surface area contributed by atoms with Gasteiger partial charge in [-0.2, -0.15) is 0 Å². The van der Waals surface area contributed by atoms with E-state index in [0.29, 0.717) is 0 Å². The fourth-order valence-electron chi connectivity index (χ4n) is 1.78. The summed E-state index contributed by atoms with van der Waals surface area (Å²) in [5, 5.41) is 0. The third-order valence-electron chi connectivity index (χ3n) is 3.05. The molecule has 122 valence electrons. The number of ether oxygens (including phenoxy) is 1. The van der Waals surface area contributed by atoms with E-state index in [-0.39, 0.29) is 10.5 Å². The highest BCUT2D eigenvalue weighted by atomic mass is 32.2. The molecule has 0 heterocycles. The maximum absolute atomic E-state index is 13.7. The minimum atomic E-state index is -3.83. The number of carbonyl (C=O) groups excluding carboxylic acids is 1. The lowest BCUT2D eigenvalue weighted by Gasteiger charge is -2.08. The summed E-state index contributed by atoms with van der Waals surface area (Å²) in [5.74, 6) is -2.58. The molecular formula is C15H13F2NO4S. The summed E-state index contributed by atoms with van der Waals surface area (Å²) < 4.78 is 57.4. The van der Waals surface area contributed by atoms with Gasteiger partial charge in [0.1, 0.15) is 18.2 Å². The largest absolute Gasteiger partial charge is 0.457 e. The summed E-state index contributed by atoms with van der Waals surface area (Å²) in [5.41, 5.74) is -0.419. The summed E-state index contributed by atoms with van der Waals surface area (Å²) in [7, 11) is -2.64. The molecule has 0 saturated carbocycles. The standard InChI is InChI=1S/C15H13F2NO4S/c1-18-23(20,21)11-6-7-14(17)12(8-11)15(19)22-9-10-4-2-3-5-13(10)16/h2-8,18H,9H2,1H3. The first kappa shape index (κ1) is 17.0. The van der Waals surface area contributed by atoms with E-state index in [1.807, 2.05) is 0 Å². The van der Waals surface area contributed by atoms with Gasteiger partial charge in [-0.1, -0.05) is 18.2 Å². The van der Waals surface area contributed by atoms with Crippen LogP contribution in [0.4, 0.5) is 8.78 Å². The van der Waals surface area contributed by atoms with Crippen LogP contribution in [-0.4, -0.2) is 21.4 Å². The summed E-state index contributed by atoms with van der Waals surface area (Å²) in [4.78, 5) is 11.6. The Labute approximate surface area is 132 Å². The van der Waals surface area contributed by atoms with Crippen LogP contribution in [-0.2, 0) is 21.4 Å². The minimum Gasteiger partial charge on any atom is -0.457 e. The van der Waals surface area contributed by atoms with E-state index in [4.69, 9.17) is 4.74 Å². The highest BCUT2D eigenvalue weighted by Gasteiger charge is 2.19. The molecular weight excluding hydrogens is 328 g/mol. The smallest absolute Gasteiger partial charge is 0.341 e. The van der Waals surface area contributed by atoms with E-state index in [9.17, 15) is 22.0 Å². The van der Waals surface area contributed by atoms with E-state index in [2.05, 4.69) is 4.72 Å². The van der Waals surface area contributed by atoms with Crippen molar-refractivity contribution < 1.29 is 26.7 Å². The predicted molar refractivity (Wildman–Crippen MR) is 78.2 cm³/mol. The average molecular weight is 341 g/mol. The maximum atomic E-state index is 13.7. The van der Waals surface area contributed by atoms with E-state index >= 15 is 0 Å². The lowest BCUT2D eigenvalue weighted by Crippen LogP contribution is -2.19. The van der Waals surface area contributed by atoms with Gasteiger partial charge in [-0.05, 0) is 31.3 Å². The third kappa shape index (κ3) is 3.91. The number of carbonyl (C=O) groups is 1. The maximum Gasteiger partial charge on any atom is 0.341 e. The van der Waals surface area contributed by atoms with Gasteiger partial charge >= 0.3 is 5.97 Å². The number of esters is 1. The van der Waals surface area contributed by atoms with Gasteiger partial charge in [0.15, 0.2) is 0 Å². The van der Waals surface area contributed by atoms with Crippen LogP contribution in [0.25, 0.3) is 0 Å². The van der Waals surface area contributed by atoms with E-state index in [1.165, 1.54) is 25.2 Å². The molecule has 0 saturated heterocycles. The SMILES string of the molecule is CNS(=O)(=O)c1ccc(F)c(C(=O)OCc2ccccc2F)c1. The summed E-state index contributed by atoms with van der Waals surface area (Å²) in [6, 6.07) is 8.40. The van der Waals surface area contributed by atoms with Crippen molar-refractivity contribution >= 4 is 16.0 Å². The van der Waals surface area contributed by atoms with Crippen molar-refractivity contribution in [1.29, 1.82) is 0 Å². The first-order valence-corrected chi connectivity index (χ1v) is 7.97. The predicted octanol–water partition coefficient (Wildman–Crippen LogP) is 2.23. The van der Waals surface area contributed by atoms with Crippen LogP contribution in [0.2, 0.25) is 0 Å². The van der Waals surface area contributed by atoms with Crippen molar-refractivity contribution in [2.75, 3.05) is 7.05 Å². The van der Waals surface area contributed by atoms with Crippen LogP contribution in [0.5, 0.6) is 0 Å². The summed E-state index contributed by atoms with van der Waals surface area (Å²) in [6.45, 7) is -0.395. The molecule has 0 bridgehead atoms. The molecule has 0 unspecified atom stereocenters. The molecule has 8 heteroatoms. The number of hydrogen-bond donors (Lipinski definition) is 1. The van der Waals surface area contributed by atoms with Crippen LogP contribution < -0.4 is 4.72 Å². The molecule has 0 amide bonds. The molecule has 0 radical (unpaired) electrons. The third-order valence-corrected chi connectivity index (χ3v) is 4.47. The Morgan fingerprint density at radius 1 is 1.13 bits per heavy atom. The molecule has 0 fully saturated rings. The molecule has 0 atom stereocenters. The van der Waals surface area contributed by atoms with Gasteiger partial charge in [-0.15, -0.1) is 0 Å². The zero-order valence-electron chi connectivity index (χ0n) is 12.0. The van der Waals surface area contributed by atoms with Crippen molar-refractivity contribution in [3.8, 4) is 0 Å². The second-order valence-corrected chi connectivity index (χ2v) is 6.40. The van der Waals surface area contributed by atoms with Gasteiger partial charge in [0.05, 0.1) is 10.5 Å². The van der Waals surface area contributed by atoms with Crippen molar-refractivity contribution in [2.24, 2.45) is 0 Å². The first-order valence-electron chi connectivity index (χ1n) is 6.49. The Kier molecular flexibility index (Phi) is 5.07. The Hall–Kier alpha value is -2.32. The van der Waals surface area contributed by atoms with Crippen LogP contribution >= 0.6 is 0 Å². The summed E-state index contributed by atoms with van der Waals surface area (Å²) in [6.07, 6.45) is 0. The molecule has 5 nitrogen and oxygen atoms in total. The molecule has 2 aromatic rings. The fourth-order valence-corrected chi connectivity index (χ4v) is 2.54. The molecule has 23 heavy (non-hydrogen) atoms. The van der Waals surface area contributed by atoms with Crippen LogP contribution in [0.1, 0.15) is 15.9 Å². The normalized spacial score (nSPS) is 11.3. The molecule has 0 aliphatic carbocycles. The highest BCUT2D eigenvalue weighted by Crippen LogP contribution is 2.17. The fraction of sp³-hybridized carbons (Fsp3) is 0.133.